The Morgan fingerprint density at radius 1 is 1.10 bits per heavy atom. The van der Waals surface area contributed by atoms with Gasteiger partial charge in [-0.15, -0.1) is 0 Å². The number of halogens is 2. The van der Waals surface area contributed by atoms with Gasteiger partial charge in [-0.2, -0.15) is 0 Å². The number of benzene rings is 2. The number of methoxy groups -OCH3 is 1. The molecule has 0 aliphatic carbocycles. The highest BCUT2D eigenvalue weighted by Crippen LogP contribution is 2.26. The third kappa shape index (κ3) is 2.16. The summed E-state index contributed by atoms with van der Waals surface area (Å²) in [5.41, 5.74) is 0.922. The first-order valence-corrected chi connectivity index (χ1v) is 6.26. The smallest absolute Gasteiger partial charge is 0.355 e. The van der Waals surface area contributed by atoms with Crippen LogP contribution in [0.3, 0.4) is 0 Å². The molecule has 0 spiro atoms. The van der Waals surface area contributed by atoms with Crippen LogP contribution in [0.5, 0.6) is 0 Å². The average Bonchev–Trinajstić information content (AvgIpc) is 2.86. The van der Waals surface area contributed by atoms with Crippen molar-refractivity contribution in [2.24, 2.45) is 0 Å². The number of para-hydroxylation sites is 1. The van der Waals surface area contributed by atoms with Crippen LogP contribution in [-0.2, 0) is 4.74 Å². The molecule has 0 saturated carbocycles. The summed E-state index contributed by atoms with van der Waals surface area (Å²) in [5.74, 6) is -2.01. The minimum absolute atomic E-state index is 0.0954. The number of nitrogens with zero attached hydrogens (tertiary/aromatic N) is 1. The number of hydrogen-bond acceptors (Lipinski definition) is 2. The minimum Gasteiger partial charge on any atom is -0.464 e. The lowest BCUT2D eigenvalue weighted by atomic mass is 10.2. The summed E-state index contributed by atoms with van der Waals surface area (Å²) in [5, 5.41) is 0.765. The third-order valence-corrected chi connectivity index (χ3v) is 3.26. The van der Waals surface area contributed by atoms with Gasteiger partial charge in [-0.25, -0.2) is 13.6 Å². The first-order chi connectivity index (χ1) is 10.1. The topological polar surface area (TPSA) is 31.2 Å². The van der Waals surface area contributed by atoms with Crippen LogP contribution < -0.4 is 0 Å². The molecule has 1 heterocycles. The Bertz CT molecular complexity index is 839. The van der Waals surface area contributed by atoms with Gasteiger partial charge in [0.1, 0.15) is 17.3 Å². The van der Waals surface area contributed by atoms with Gasteiger partial charge in [0.25, 0.3) is 0 Å². The van der Waals surface area contributed by atoms with Gasteiger partial charge >= 0.3 is 5.97 Å². The lowest BCUT2D eigenvalue weighted by molar-refractivity contribution is 0.0592. The van der Waals surface area contributed by atoms with Gasteiger partial charge in [0.15, 0.2) is 0 Å². The molecule has 3 rings (SSSR count). The lowest BCUT2D eigenvalue weighted by Gasteiger charge is -2.10. The normalized spacial score (nSPS) is 10.8. The first kappa shape index (κ1) is 13.3. The van der Waals surface area contributed by atoms with Crippen molar-refractivity contribution in [2.75, 3.05) is 7.11 Å². The molecule has 0 aliphatic heterocycles. The largest absolute Gasteiger partial charge is 0.464 e. The Morgan fingerprint density at radius 3 is 2.57 bits per heavy atom. The summed E-state index contributed by atoms with van der Waals surface area (Å²) < 4.78 is 33.3. The second kappa shape index (κ2) is 5.01. The Hall–Kier alpha value is -2.69. The van der Waals surface area contributed by atoms with Gasteiger partial charge in [0.05, 0.1) is 18.3 Å². The highest BCUT2D eigenvalue weighted by Gasteiger charge is 2.19. The van der Waals surface area contributed by atoms with E-state index in [-0.39, 0.29) is 11.4 Å². The summed E-state index contributed by atoms with van der Waals surface area (Å²) in [6, 6.07) is 12.0. The third-order valence-electron chi connectivity index (χ3n) is 3.26. The maximum Gasteiger partial charge on any atom is 0.355 e. The second-order valence-electron chi connectivity index (χ2n) is 4.51. The van der Waals surface area contributed by atoms with Gasteiger partial charge in [-0.1, -0.05) is 18.2 Å². The molecular weight excluding hydrogens is 276 g/mol. The summed E-state index contributed by atoms with van der Waals surface area (Å²) in [7, 11) is 1.26. The van der Waals surface area contributed by atoms with Crippen molar-refractivity contribution in [3.8, 4) is 5.69 Å². The Balaban J connectivity index is 2.36. The number of ether oxygens (including phenoxy) is 1. The SMILES string of the molecule is COC(=O)c1cc2ccccc2n1-c1ccc(F)cc1F. The number of rotatable bonds is 2. The minimum atomic E-state index is -0.749. The van der Waals surface area contributed by atoms with Crippen molar-refractivity contribution in [2.45, 2.75) is 0 Å². The van der Waals surface area contributed by atoms with E-state index in [1.807, 2.05) is 6.07 Å². The fourth-order valence-electron chi connectivity index (χ4n) is 2.33. The molecule has 0 saturated heterocycles. The molecule has 5 heteroatoms. The fraction of sp³-hybridized carbons (Fsp3) is 0.0625. The molecule has 3 nitrogen and oxygen atoms in total. The summed E-state index contributed by atoms with van der Waals surface area (Å²) >= 11 is 0. The zero-order chi connectivity index (χ0) is 15.0. The number of carbonyl (C=O) groups is 1. The Morgan fingerprint density at radius 2 is 1.86 bits per heavy atom. The van der Waals surface area contributed by atoms with Crippen LogP contribution in [-0.4, -0.2) is 17.6 Å². The molecular formula is C16H11F2NO2. The molecule has 0 radical (unpaired) electrons. The van der Waals surface area contributed by atoms with E-state index < -0.39 is 17.6 Å². The van der Waals surface area contributed by atoms with Gasteiger partial charge in [-0.3, -0.25) is 0 Å². The molecule has 2 aromatic carbocycles. The standard InChI is InChI=1S/C16H11F2NO2/c1-21-16(20)15-8-10-4-2-3-5-13(10)19(15)14-7-6-11(17)9-12(14)18/h2-9H,1H3. The van der Waals surface area contributed by atoms with E-state index in [4.69, 9.17) is 4.74 Å². The zero-order valence-electron chi connectivity index (χ0n) is 11.1. The van der Waals surface area contributed by atoms with Crippen molar-refractivity contribution >= 4 is 16.9 Å². The van der Waals surface area contributed by atoms with E-state index in [1.54, 1.807) is 24.3 Å². The Kier molecular flexibility index (Phi) is 3.17. The van der Waals surface area contributed by atoms with Crippen molar-refractivity contribution in [1.82, 2.24) is 4.57 Å². The van der Waals surface area contributed by atoms with E-state index in [2.05, 4.69) is 0 Å². The Labute approximate surface area is 119 Å². The highest BCUT2D eigenvalue weighted by molar-refractivity contribution is 5.97. The zero-order valence-corrected chi connectivity index (χ0v) is 11.1. The molecule has 1 aromatic heterocycles. The van der Waals surface area contributed by atoms with Crippen LogP contribution in [0.1, 0.15) is 10.5 Å². The molecule has 0 N–H and O–H groups in total. The van der Waals surface area contributed by atoms with E-state index >= 15 is 0 Å². The summed E-state index contributed by atoms with van der Waals surface area (Å²) in [6.07, 6.45) is 0. The monoisotopic (exact) mass is 287 g/mol. The van der Waals surface area contributed by atoms with Crippen LogP contribution >= 0.6 is 0 Å². The molecule has 0 aliphatic rings. The molecule has 0 fully saturated rings. The van der Waals surface area contributed by atoms with Crippen LogP contribution in [0.4, 0.5) is 8.78 Å². The van der Waals surface area contributed by atoms with Crippen LogP contribution in [0.15, 0.2) is 48.5 Å². The number of aromatic nitrogens is 1. The summed E-state index contributed by atoms with van der Waals surface area (Å²) in [4.78, 5) is 11.9. The van der Waals surface area contributed by atoms with Crippen molar-refractivity contribution in [1.29, 1.82) is 0 Å². The van der Waals surface area contributed by atoms with E-state index in [9.17, 15) is 13.6 Å². The van der Waals surface area contributed by atoms with E-state index in [0.29, 0.717) is 5.52 Å². The van der Waals surface area contributed by atoms with Crippen molar-refractivity contribution in [3.63, 3.8) is 0 Å². The molecule has 0 amide bonds. The lowest BCUT2D eigenvalue weighted by Crippen LogP contribution is -2.10. The van der Waals surface area contributed by atoms with E-state index in [0.717, 1.165) is 17.5 Å². The van der Waals surface area contributed by atoms with Crippen molar-refractivity contribution < 1.29 is 18.3 Å². The molecule has 0 unspecified atom stereocenters. The van der Waals surface area contributed by atoms with Crippen LogP contribution in [0.25, 0.3) is 16.6 Å². The molecule has 0 atom stereocenters. The van der Waals surface area contributed by atoms with Crippen LogP contribution in [0.2, 0.25) is 0 Å². The maximum atomic E-state index is 14.1. The van der Waals surface area contributed by atoms with Crippen LogP contribution in [0, 0.1) is 11.6 Å². The summed E-state index contributed by atoms with van der Waals surface area (Å²) in [6.45, 7) is 0. The first-order valence-electron chi connectivity index (χ1n) is 6.26. The fourth-order valence-corrected chi connectivity index (χ4v) is 2.33. The van der Waals surface area contributed by atoms with Gasteiger partial charge in [-0.05, 0) is 24.3 Å². The van der Waals surface area contributed by atoms with Gasteiger partial charge in [0, 0.05) is 11.5 Å². The van der Waals surface area contributed by atoms with E-state index in [1.165, 1.54) is 17.7 Å². The number of fused-ring (bicyclic) bond motifs is 1. The number of esters is 1. The maximum absolute atomic E-state index is 14.1. The average molecular weight is 287 g/mol. The second-order valence-corrected chi connectivity index (χ2v) is 4.51. The van der Waals surface area contributed by atoms with Gasteiger partial charge in [0.2, 0.25) is 0 Å². The molecule has 0 bridgehead atoms. The quantitative estimate of drug-likeness (QED) is 0.673. The predicted octanol–water partition coefficient (Wildman–Crippen LogP) is 3.70. The van der Waals surface area contributed by atoms with Crippen molar-refractivity contribution in [3.05, 3.63) is 65.9 Å². The number of hydrogen-bond donors (Lipinski definition) is 0. The molecule has 21 heavy (non-hydrogen) atoms. The van der Waals surface area contributed by atoms with Gasteiger partial charge < -0.3 is 9.30 Å². The predicted molar refractivity (Wildman–Crippen MR) is 74.5 cm³/mol. The highest BCUT2D eigenvalue weighted by atomic mass is 19.1. The molecule has 3 aromatic rings. The molecule has 106 valence electrons. The number of carbonyl (C=O) groups excluding carboxylic acids is 1.